The summed E-state index contributed by atoms with van der Waals surface area (Å²) in [6.07, 6.45) is -0.780. The number of carboxylic acids is 1. The molecule has 0 heterocycles. The molecule has 1 amide bonds. The highest BCUT2D eigenvalue weighted by Gasteiger charge is 2.32. The first-order valence-corrected chi connectivity index (χ1v) is 10.7. The van der Waals surface area contributed by atoms with E-state index in [1.807, 2.05) is 48.5 Å². The van der Waals surface area contributed by atoms with Crippen LogP contribution in [0.2, 0.25) is 0 Å². The number of alkyl halides is 2. The molecule has 3 aromatic carbocycles. The van der Waals surface area contributed by atoms with Crippen molar-refractivity contribution >= 4 is 12.1 Å². The van der Waals surface area contributed by atoms with Gasteiger partial charge in [-0.15, -0.1) is 0 Å². The molecule has 6 nitrogen and oxygen atoms in total. The SMILES string of the molecule is CN(C(=O)OCC1c2ccccc2-c2ccccc21)[C@@H](Cc1ccc(OC(F)F)cc1)C(=O)O. The lowest BCUT2D eigenvalue weighted by atomic mass is 9.98. The van der Waals surface area contributed by atoms with Crippen molar-refractivity contribution in [2.75, 3.05) is 13.7 Å². The van der Waals surface area contributed by atoms with Gasteiger partial charge < -0.3 is 14.6 Å². The van der Waals surface area contributed by atoms with Crippen LogP contribution in [0.5, 0.6) is 5.75 Å². The molecule has 34 heavy (non-hydrogen) atoms. The van der Waals surface area contributed by atoms with E-state index in [0.717, 1.165) is 27.2 Å². The van der Waals surface area contributed by atoms with Crippen molar-refractivity contribution in [3.63, 3.8) is 0 Å². The first-order chi connectivity index (χ1) is 16.3. The molecule has 1 aliphatic rings. The van der Waals surface area contributed by atoms with Crippen molar-refractivity contribution in [3.8, 4) is 16.9 Å². The molecular formula is C26H23F2NO5. The summed E-state index contributed by atoms with van der Waals surface area (Å²) in [5.74, 6) is -1.38. The number of amides is 1. The second-order valence-electron chi connectivity index (χ2n) is 8.00. The molecule has 1 atom stereocenters. The molecule has 1 aliphatic carbocycles. The van der Waals surface area contributed by atoms with Crippen molar-refractivity contribution in [1.29, 1.82) is 0 Å². The Morgan fingerprint density at radius 1 is 0.941 bits per heavy atom. The van der Waals surface area contributed by atoms with Crippen molar-refractivity contribution < 1.29 is 33.0 Å². The number of benzene rings is 3. The third kappa shape index (κ3) is 4.85. The predicted molar refractivity (Wildman–Crippen MR) is 121 cm³/mol. The van der Waals surface area contributed by atoms with E-state index >= 15 is 0 Å². The molecule has 0 bridgehead atoms. The van der Waals surface area contributed by atoms with E-state index in [1.165, 1.54) is 31.3 Å². The molecule has 0 radical (unpaired) electrons. The van der Waals surface area contributed by atoms with Crippen LogP contribution in [0, 0.1) is 0 Å². The minimum atomic E-state index is -2.95. The normalized spacial score (nSPS) is 13.2. The third-order valence-electron chi connectivity index (χ3n) is 5.95. The van der Waals surface area contributed by atoms with Gasteiger partial charge in [0.15, 0.2) is 0 Å². The molecule has 0 saturated carbocycles. The van der Waals surface area contributed by atoms with Crippen LogP contribution in [-0.4, -0.2) is 48.4 Å². The molecule has 4 rings (SSSR count). The van der Waals surface area contributed by atoms with Gasteiger partial charge in [-0.05, 0) is 39.9 Å². The van der Waals surface area contributed by atoms with Crippen LogP contribution in [-0.2, 0) is 16.0 Å². The van der Waals surface area contributed by atoms with Gasteiger partial charge in [-0.2, -0.15) is 8.78 Å². The zero-order chi connectivity index (χ0) is 24.2. The van der Waals surface area contributed by atoms with Crippen LogP contribution in [0.25, 0.3) is 11.1 Å². The Hall–Kier alpha value is -3.94. The molecule has 1 N–H and O–H groups in total. The number of carboxylic acid groups (broad SMARTS) is 1. The first-order valence-electron chi connectivity index (χ1n) is 10.7. The van der Waals surface area contributed by atoms with E-state index in [9.17, 15) is 23.5 Å². The summed E-state index contributed by atoms with van der Waals surface area (Å²) < 4.78 is 34.5. The van der Waals surface area contributed by atoms with Gasteiger partial charge in [-0.25, -0.2) is 9.59 Å². The zero-order valence-electron chi connectivity index (χ0n) is 18.4. The molecule has 0 unspecified atom stereocenters. The Morgan fingerprint density at radius 2 is 1.50 bits per heavy atom. The maximum absolute atomic E-state index is 12.8. The third-order valence-corrected chi connectivity index (χ3v) is 5.95. The molecule has 0 fully saturated rings. The maximum Gasteiger partial charge on any atom is 0.410 e. The Balaban J connectivity index is 1.43. The smallest absolute Gasteiger partial charge is 0.410 e. The van der Waals surface area contributed by atoms with Crippen molar-refractivity contribution in [2.24, 2.45) is 0 Å². The summed E-state index contributed by atoms with van der Waals surface area (Å²) in [6, 6.07) is 20.3. The summed E-state index contributed by atoms with van der Waals surface area (Å²) in [7, 11) is 1.37. The lowest BCUT2D eigenvalue weighted by Crippen LogP contribution is -2.44. The van der Waals surface area contributed by atoms with Gasteiger partial charge in [0.25, 0.3) is 0 Å². The van der Waals surface area contributed by atoms with Crippen LogP contribution in [0.3, 0.4) is 0 Å². The van der Waals surface area contributed by atoms with E-state index < -0.39 is 24.7 Å². The van der Waals surface area contributed by atoms with Gasteiger partial charge in [0.2, 0.25) is 0 Å². The van der Waals surface area contributed by atoms with Gasteiger partial charge >= 0.3 is 18.7 Å². The number of carbonyl (C=O) groups is 2. The average Bonchev–Trinajstić information content (AvgIpc) is 3.15. The fourth-order valence-electron chi connectivity index (χ4n) is 4.24. The summed E-state index contributed by atoms with van der Waals surface area (Å²) >= 11 is 0. The molecule has 3 aromatic rings. The summed E-state index contributed by atoms with van der Waals surface area (Å²) in [5, 5.41) is 9.69. The average molecular weight is 467 g/mol. The van der Waals surface area contributed by atoms with Crippen LogP contribution in [0.1, 0.15) is 22.6 Å². The number of fused-ring (bicyclic) bond motifs is 3. The van der Waals surface area contributed by atoms with Gasteiger partial charge in [0.05, 0.1) is 0 Å². The van der Waals surface area contributed by atoms with E-state index in [2.05, 4.69) is 4.74 Å². The molecule has 0 aromatic heterocycles. The lowest BCUT2D eigenvalue weighted by molar-refractivity contribution is -0.142. The summed E-state index contributed by atoms with van der Waals surface area (Å²) in [6.45, 7) is -2.87. The number of hydrogen-bond donors (Lipinski definition) is 1. The highest BCUT2D eigenvalue weighted by molar-refractivity contribution is 5.81. The topological polar surface area (TPSA) is 76.1 Å². The standard InChI is InChI=1S/C26H23F2NO5/c1-29(23(24(30)31)14-16-10-12-17(13-11-16)34-25(27)28)26(32)33-15-22-20-8-4-2-6-18(20)19-7-3-5-9-21(19)22/h2-13,22-23,25H,14-15H2,1H3,(H,30,31)/t23-/m0/s1. The fourth-order valence-corrected chi connectivity index (χ4v) is 4.24. The number of hydrogen-bond acceptors (Lipinski definition) is 4. The maximum atomic E-state index is 12.8. The second-order valence-corrected chi connectivity index (χ2v) is 8.00. The number of rotatable bonds is 8. The van der Waals surface area contributed by atoms with Crippen LogP contribution < -0.4 is 4.74 Å². The van der Waals surface area contributed by atoms with E-state index in [4.69, 9.17) is 4.74 Å². The molecule has 8 heteroatoms. The van der Waals surface area contributed by atoms with Crippen LogP contribution in [0.15, 0.2) is 72.8 Å². The van der Waals surface area contributed by atoms with E-state index in [0.29, 0.717) is 5.56 Å². The van der Waals surface area contributed by atoms with E-state index in [-0.39, 0.29) is 24.7 Å². The fraction of sp³-hybridized carbons (Fsp3) is 0.231. The first kappa shape index (κ1) is 23.2. The van der Waals surface area contributed by atoms with Crippen molar-refractivity contribution in [2.45, 2.75) is 25.0 Å². The number of halogens is 2. The minimum absolute atomic E-state index is 0.0228. The largest absolute Gasteiger partial charge is 0.480 e. The lowest BCUT2D eigenvalue weighted by Gasteiger charge is -2.25. The quantitative estimate of drug-likeness (QED) is 0.495. The number of ether oxygens (including phenoxy) is 2. The molecular weight excluding hydrogens is 444 g/mol. The van der Waals surface area contributed by atoms with Gasteiger partial charge in [-0.1, -0.05) is 60.7 Å². The highest BCUT2D eigenvalue weighted by Crippen LogP contribution is 2.44. The van der Waals surface area contributed by atoms with Crippen LogP contribution in [0.4, 0.5) is 13.6 Å². The van der Waals surface area contributed by atoms with Crippen molar-refractivity contribution in [1.82, 2.24) is 4.90 Å². The Bertz CT molecular complexity index is 1140. The van der Waals surface area contributed by atoms with E-state index in [1.54, 1.807) is 0 Å². The van der Waals surface area contributed by atoms with Gasteiger partial charge in [0, 0.05) is 19.4 Å². The molecule has 0 aliphatic heterocycles. The van der Waals surface area contributed by atoms with Crippen LogP contribution >= 0.6 is 0 Å². The molecule has 0 saturated heterocycles. The minimum Gasteiger partial charge on any atom is -0.480 e. The van der Waals surface area contributed by atoms with Gasteiger partial charge in [-0.3, -0.25) is 4.90 Å². The second kappa shape index (κ2) is 9.91. The highest BCUT2D eigenvalue weighted by atomic mass is 19.3. The Morgan fingerprint density at radius 3 is 2.03 bits per heavy atom. The number of aliphatic carboxylic acids is 1. The Kier molecular flexibility index (Phi) is 6.77. The number of likely N-dealkylation sites (N-methyl/N-ethyl adjacent to an activating group) is 1. The predicted octanol–water partition coefficient (Wildman–Crippen LogP) is 5.16. The number of nitrogens with zero attached hydrogens (tertiary/aromatic N) is 1. The van der Waals surface area contributed by atoms with Crippen molar-refractivity contribution in [3.05, 3.63) is 89.5 Å². The summed E-state index contributed by atoms with van der Waals surface area (Å²) in [5.41, 5.74) is 4.85. The molecule has 176 valence electrons. The number of carbonyl (C=O) groups excluding carboxylic acids is 1. The monoisotopic (exact) mass is 467 g/mol. The summed E-state index contributed by atoms with van der Waals surface area (Å²) in [4.78, 5) is 25.7. The zero-order valence-corrected chi connectivity index (χ0v) is 18.4. The molecule has 0 spiro atoms. The Labute approximate surface area is 195 Å². The van der Waals surface area contributed by atoms with Gasteiger partial charge in [0.1, 0.15) is 18.4 Å².